The number of anilines is 1. The lowest BCUT2D eigenvalue weighted by Gasteiger charge is -2.14. The first-order valence-corrected chi connectivity index (χ1v) is 7.03. The molecule has 0 radical (unpaired) electrons. The summed E-state index contributed by atoms with van der Waals surface area (Å²) >= 11 is 12.1. The number of halogens is 2. The van der Waals surface area contributed by atoms with Gasteiger partial charge in [-0.2, -0.15) is 0 Å². The van der Waals surface area contributed by atoms with Gasteiger partial charge in [0.1, 0.15) is 10.9 Å². The highest BCUT2D eigenvalue weighted by Crippen LogP contribution is 2.34. The zero-order chi connectivity index (χ0) is 14.9. The van der Waals surface area contributed by atoms with E-state index in [0.29, 0.717) is 28.4 Å². The Balaban J connectivity index is 2.40. The quantitative estimate of drug-likeness (QED) is 0.793. The molecule has 5 heteroatoms. The van der Waals surface area contributed by atoms with Crippen LogP contribution in [0.25, 0.3) is 0 Å². The molecule has 1 aromatic heterocycles. The normalized spacial score (nSPS) is 10.9. The molecule has 0 saturated heterocycles. The third-order valence-corrected chi connectivity index (χ3v) is 3.44. The summed E-state index contributed by atoms with van der Waals surface area (Å²) in [5.41, 5.74) is 8.20. The predicted octanol–water partition coefficient (Wildman–Crippen LogP) is 5.19. The lowest BCUT2D eigenvalue weighted by Crippen LogP contribution is -1.96. The van der Waals surface area contributed by atoms with Crippen LogP contribution in [0, 0.1) is 6.92 Å². The molecule has 20 heavy (non-hydrogen) atoms. The topological polar surface area (TPSA) is 48.1 Å². The summed E-state index contributed by atoms with van der Waals surface area (Å²) in [6.07, 6.45) is 0. The van der Waals surface area contributed by atoms with Crippen molar-refractivity contribution in [2.75, 3.05) is 5.73 Å². The Morgan fingerprint density at radius 2 is 1.85 bits per heavy atom. The molecule has 1 aromatic carbocycles. The second-order valence-electron chi connectivity index (χ2n) is 4.96. The molecular weight excluding hydrogens is 295 g/mol. The molecule has 0 atom stereocenters. The number of aryl methyl sites for hydroxylation is 1. The molecular formula is C15H16Cl2N2O. The number of ether oxygens (including phenoxy) is 1. The standard InChI is InChI=1S/C15H16Cl2N2O/c1-8(2)11-7-13(9(3)4-12(11)16)20-15-6-10(18)5-14(17)19-15/h4-8H,1-3H3,(H2,18,19). The average Bonchev–Trinajstić information content (AvgIpc) is 2.30. The third-order valence-electron chi connectivity index (χ3n) is 2.92. The monoisotopic (exact) mass is 310 g/mol. The number of nitrogens with two attached hydrogens (primary N) is 1. The van der Waals surface area contributed by atoms with E-state index >= 15 is 0 Å². The molecule has 1 heterocycles. The number of hydrogen-bond donors (Lipinski definition) is 1. The number of rotatable bonds is 3. The van der Waals surface area contributed by atoms with Gasteiger partial charge in [-0.25, -0.2) is 4.98 Å². The summed E-state index contributed by atoms with van der Waals surface area (Å²) in [5, 5.41) is 1.04. The van der Waals surface area contributed by atoms with Crippen molar-refractivity contribution in [3.8, 4) is 11.6 Å². The van der Waals surface area contributed by atoms with E-state index in [0.717, 1.165) is 16.1 Å². The van der Waals surface area contributed by atoms with E-state index in [-0.39, 0.29) is 0 Å². The van der Waals surface area contributed by atoms with Gasteiger partial charge in [-0.15, -0.1) is 0 Å². The van der Waals surface area contributed by atoms with Crippen LogP contribution in [0.1, 0.15) is 30.9 Å². The van der Waals surface area contributed by atoms with Crippen molar-refractivity contribution >= 4 is 28.9 Å². The SMILES string of the molecule is Cc1cc(Cl)c(C(C)C)cc1Oc1cc(N)cc(Cl)n1. The highest BCUT2D eigenvalue weighted by Gasteiger charge is 2.11. The van der Waals surface area contributed by atoms with Crippen molar-refractivity contribution in [1.29, 1.82) is 0 Å². The van der Waals surface area contributed by atoms with E-state index < -0.39 is 0 Å². The first-order valence-electron chi connectivity index (χ1n) is 6.27. The van der Waals surface area contributed by atoms with Crippen molar-refractivity contribution in [1.82, 2.24) is 4.98 Å². The molecule has 0 saturated carbocycles. The fourth-order valence-electron chi connectivity index (χ4n) is 1.88. The molecule has 2 aromatic rings. The fraction of sp³-hybridized carbons (Fsp3) is 0.267. The Morgan fingerprint density at radius 3 is 2.45 bits per heavy atom. The van der Waals surface area contributed by atoms with Gasteiger partial charge in [-0.05, 0) is 42.2 Å². The number of pyridine rings is 1. The predicted molar refractivity (Wildman–Crippen MR) is 84.0 cm³/mol. The van der Waals surface area contributed by atoms with Crippen molar-refractivity contribution in [3.63, 3.8) is 0 Å². The molecule has 0 amide bonds. The minimum atomic E-state index is 0.302. The van der Waals surface area contributed by atoms with Crippen LogP contribution >= 0.6 is 23.2 Å². The largest absolute Gasteiger partial charge is 0.439 e. The van der Waals surface area contributed by atoms with E-state index in [9.17, 15) is 0 Å². The Morgan fingerprint density at radius 1 is 1.15 bits per heavy atom. The van der Waals surface area contributed by atoms with Crippen LogP contribution in [-0.2, 0) is 0 Å². The van der Waals surface area contributed by atoms with Gasteiger partial charge in [0, 0.05) is 16.8 Å². The van der Waals surface area contributed by atoms with Gasteiger partial charge >= 0.3 is 0 Å². The van der Waals surface area contributed by atoms with Gasteiger partial charge in [-0.1, -0.05) is 37.0 Å². The fourth-order valence-corrected chi connectivity index (χ4v) is 2.52. The molecule has 0 bridgehead atoms. The van der Waals surface area contributed by atoms with Crippen LogP contribution in [0.4, 0.5) is 5.69 Å². The minimum absolute atomic E-state index is 0.302. The number of nitrogens with zero attached hydrogens (tertiary/aromatic N) is 1. The Kier molecular flexibility index (Phi) is 4.41. The first-order chi connectivity index (χ1) is 9.36. The minimum Gasteiger partial charge on any atom is -0.439 e. The number of nitrogen functional groups attached to an aromatic ring is 1. The average molecular weight is 311 g/mol. The Bertz CT molecular complexity index is 622. The molecule has 106 valence electrons. The Labute approximate surface area is 128 Å². The summed E-state index contributed by atoms with van der Waals surface area (Å²) in [4.78, 5) is 4.10. The third kappa shape index (κ3) is 3.35. The van der Waals surface area contributed by atoms with Gasteiger partial charge in [0.05, 0.1) is 0 Å². The first kappa shape index (κ1) is 14.9. The number of benzene rings is 1. The smallest absolute Gasteiger partial charge is 0.222 e. The zero-order valence-corrected chi connectivity index (χ0v) is 13.1. The van der Waals surface area contributed by atoms with Crippen LogP contribution < -0.4 is 10.5 Å². The molecule has 3 nitrogen and oxygen atoms in total. The van der Waals surface area contributed by atoms with Gasteiger partial charge < -0.3 is 10.5 Å². The second kappa shape index (κ2) is 5.90. The second-order valence-corrected chi connectivity index (χ2v) is 5.75. The maximum atomic E-state index is 6.24. The lowest BCUT2D eigenvalue weighted by molar-refractivity contribution is 0.459. The number of hydrogen-bond acceptors (Lipinski definition) is 3. The van der Waals surface area contributed by atoms with E-state index in [1.165, 1.54) is 0 Å². The summed E-state index contributed by atoms with van der Waals surface area (Å²) in [5.74, 6) is 1.38. The highest BCUT2D eigenvalue weighted by molar-refractivity contribution is 6.31. The number of aromatic nitrogens is 1. The van der Waals surface area contributed by atoms with Gasteiger partial charge in [-0.3, -0.25) is 0 Å². The van der Waals surface area contributed by atoms with Crippen molar-refractivity contribution in [3.05, 3.63) is 45.6 Å². The van der Waals surface area contributed by atoms with Crippen LogP contribution in [0.15, 0.2) is 24.3 Å². The summed E-state index contributed by atoms with van der Waals surface area (Å²) < 4.78 is 5.78. The summed E-state index contributed by atoms with van der Waals surface area (Å²) in [7, 11) is 0. The van der Waals surface area contributed by atoms with Crippen LogP contribution in [0.3, 0.4) is 0 Å². The van der Waals surface area contributed by atoms with Gasteiger partial charge in [0.2, 0.25) is 5.88 Å². The molecule has 0 aliphatic carbocycles. The molecule has 0 unspecified atom stereocenters. The van der Waals surface area contributed by atoms with E-state index in [2.05, 4.69) is 18.8 Å². The van der Waals surface area contributed by atoms with Crippen molar-refractivity contribution in [2.45, 2.75) is 26.7 Å². The van der Waals surface area contributed by atoms with Crippen LogP contribution in [-0.4, -0.2) is 4.98 Å². The van der Waals surface area contributed by atoms with Gasteiger partial charge in [0.15, 0.2) is 0 Å². The summed E-state index contributed by atoms with van der Waals surface area (Å²) in [6.45, 7) is 6.09. The van der Waals surface area contributed by atoms with Crippen LogP contribution in [0.5, 0.6) is 11.6 Å². The van der Waals surface area contributed by atoms with Crippen molar-refractivity contribution < 1.29 is 4.74 Å². The Hall–Kier alpha value is -1.45. The maximum absolute atomic E-state index is 6.24. The molecule has 0 aliphatic heterocycles. The molecule has 0 spiro atoms. The summed E-state index contributed by atoms with van der Waals surface area (Å²) in [6, 6.07) is 7.03. The molecule has 2 N–H and O–H groups in total. The van der Waals surface area contributed by atoms with E-state index in [1.54, 1.807) is 12.1 Å². The molecule has 0 fully saturated rings. The lowest BCUT2D eigenvalue weighted by atomic mass is 10.0. The molecule has 2 rings (SSSR count). The maximum Gasteiger partial charge on any atom is 0.222 e. The van der Waals surface area contributed by atoms with E-state index in [4.69, 9.17) is 33.7 Å². The van der Waals surface area contributed by atoms with Crippen molar-refractivity contribution in [2.24, 2.45) is 0 Å². The van der Waals surface area contributed by atoms with E-state index in [1.807, 2.05) is 19.1 Å². The molecule has 0 aliphatic rings. The highest BCUT2D eigenvalue weighted by atomic mass is 35.5. The van der Waals surface area contributed by atoms with Gasteiger partial charge in [0.25, 0.3) is 0 Å². The zero-order valence-electron chi connectivity index (χ0n) is 11.6. The van der Waals surface area contributed by atoms with Crippen LogP contribution in [0.2, 0.25) is 10.2 Å².